The van der Waals surface area contributed by atoms with Gasteiger partial charge in [-0.25, -0.2) is 0 Å². The van der Waals surface area contributed by atoms with Gasteiger partial charge in [-0.05, 0) is 49.7 Å². The van der Waals surface area contributed by atoms with Crippen LogP contribution in [-0.4, -0.2) is 31.5 Å². The number of benzene rings is 2. The van der Waals surface area contributed by atoms with Crippen molar-refractivity contribution < 1.29 is 14.3 Å². The molecule has 144 valence electrons. The van der Waals surface area contributed by atoms with Gasteiger partial charge in [0.15, 0.2) is 0 Å². The van der Waals surface area contributed by atoms with Gasteiger partial charge < -0.3 is 20.7 Å². The van der Waals surface area contributed by atoms with Crippen LogP contribution in [0.1, 0.15) is 37.0 Å². The van der Waals surface area contributed by atoms with E-state index in [-0.39, 0.29) is 18.4 Å². The van der Waals surface area contributed by atoms with Crippen molar-refractivity contribution in [2.75, 3.05) is 30.3 Å². The van der Waals surface area contributed by atoms with Gasteiger partial charge in [0.2, 0.25) is 5.91 Å². The number of hydrogen-bond acceptors (Lipinski definition) is 4. The molecule has 0 unspecified atom stereocenters. The van der Waals surface area contributed by atoms with Crippen molar-refractivity contribution in [1.29, 1.82) is 0 Å². The number of rotatable bonds is 10. The van der Waals surface area contributed by atoms with Crippen molar-refractivity contribution in [3.8, 4) is 5.75 Å². The summed E-state index contributed by atoms with van der Waals surface area (Å²) in [6.07, 6.45) is 2.01. The maximum absolute atomic E-state index is 12.2. The molecule has 6 heteroatoms. The van der Waals surface area contributed by atoms with E-state index in [2.05, 4.69) is 22.9 Å². The second kappa shape index (κ2) is 10.9. The van der Waals surface area contributed by atoms with E-state index in [1.807, 2.05) is 25.1 Å². The molecule has 0 saturated heterocycles. The number of unbranched alkanes of at least 4 members (excludes halogenated alkanes) is 1. The van der Waals surface area contributed by atoms with Crippen LogP contribution in [0.5, 0.6) is 5.75 Å². The Hall–Kier alpha value is -3.02. The predicted molar refractivity (Wildman–Crippen MR) is 108 cm³/mol. The normalized spacial score (nSPS) is 10.1. The van der Waals surface area contributed by atoms with Crippen LogP contribution < -0.4 is 20.7 Å². The zero-order chi connectivity index (χ0) is 19.5. The van der Waals surface area contributed by atoms with E-state index in [9.17, 15) is 9.59 Å². The van der Waals surface area contributed by atoms with Crippen molar-refractivity contribution in [3.05, 3.63) is 54.1 Å². The summed E-state index contributed by atoms with van der Waals surface area (Å²) in [5.74, 6) is 0.385. The highest BCUT2D eigenvalue weighted by molar-refractivity contribution is 5.96. The Kier molecular flexibility index (Phi) is 8.16. The molecule has 0 saturated carbocycles. The molecule has 27 heavy (non-hydrogen) atoms. The summed E-state index contributed by atoms with van der Waals surface area (Å²) in [5, 5.41) is 8.76. The Morgan fingerprint density at radius 2 is 1.74 bits per heavy atom. The lowest BCUT2D eigenvalue weighted by Gasteiger charge is -2.12. The quantitative estimate of drug-likeness (QED) is 0.558. The second-order valence-electron chi connectivity index (χ2n) is 6.02. The van der Waals surface area contributed by atoms with Crippen LogP contribution in [0.4, 0.5) is 11.4 Å². The maximum Gasteiger partial charge on any atom is 0.251 e. The molecule has 2 rings (SSSR count). The summed E-state index contributed by atoms with van der Waals surface area (Å²) in [4.78, 5) is 24.1. The first-order valence-electron chi connectivity index (χ1n) is 9.27. The lowest BCUT2D eigenvalue weighted by Crippen LogP contribution is -2.24. The molecule has 3 N–H and O–H groups in total. The molecular formula is C21H27N3O3. The van der Waals surface area contributed by atoms with Crippen molar-refractivity contribution in [1.82, 2.24) is 5.32 Å². The molecule has 0 atom stereocenters. The molecular weight excluding hydrogens is 342 g/mol. The smallest absolute Gasteiger partial charge is 0.251 e. The fourth-order valence-corrected chi connectivity index (χ4v) is 2.45. The van der Waals surface area contributed by atoms with E-state index in [0.29, 0.717) is 30.2 Å². The molecule has 0 aliphatic heterocycles. The van der Waals surface area contributed by atoms with E-state index in [1.165, 1.54) is 0 Å². The Labute approximate surface area is 160 Å². The van der Waals surface area contributed by atoms with E-state index in [0.717, 1.165) is 18.5 Å². The number of anilines is 2. The van der Waals surface area contributed by atoms with Crippen LogP contribution in [0.3, 0.4) is 0 Å². The van der Waals surface area contributed by atoms with Gasteiger partial charge in [-0.3, -0.25) is 9.59 Å². The SMILES string of the molecule is CCCCNC(=O)c1ccc(NCC(=O)Nc2ccccc2OCC)cc1. The van der Waals surface area contributed by atoms with E-state index < -0.39 is 0 Å². The van der Waals surface area contributed by atoms with Crippen molar-refractivity contribution in [2.45, 2.75) is 26.7 Å². The number of nitrogens with one attached hydrogen (secondary N) is 3. The van der Waals surface area contributed by atoms with Crippen LogP contribution in [0.2, 0.25) is 0 Å². The second-order valence-corrected chi connectivity index (χ2v) is 6.02. The zero-order valence-corrected chi connectivity index (χ0v) is 15.9. The molecule has 0 radical (unpaired) electrons. The summed E-state index contributed by atoms with van der Waals surface area (Å²) in [6, 6.07) is 14.4. The molecule has 2 aromatic rings. The predicted octanol–water partition coefficient (Wildman–Crippen LogP) is 3.67. The fraction of sp³-hybridized carbons (Fsp3) is 0.333. The molecule has 0 aliphatic rings. The Morgan fingerprint density at radius 1 is 1.00 bits per heavy atom. The van der Waals surface area contributed by atoms with E-state index in [1.54, 1.807) is 30.3 Å². The molecule has 0 fully saturated rings. The maximum atomic E-state index is 12.2. The molecule has 2 aromatic carbocycles. The molecule has 0 bridgehead atoms. The average Bonchev–Trinajstić information content (AvgIpc) is 2.68. The van der Waals surface area contributed by atoms with Gasteiger partial charge >= 0.3 is 0 Å². The molecule has 0 heterocycles. The van der Waals surface area contributed by atoms with Gasteiger partial charge in [0.25, 0.3) is 5.91 Å². The van der Waals surface area contributed by atoms with Crippen LogP contribution in [0, 0.1) is 0 Å². The van der Waals surface area contributed by atoms with Crippen molar-refractivity contribution >= 4 is 23.2 Å². The van der Waals surface area contributed by atoms with Crippen LogP contribution in [-0.2, 0) is 4.79 Å². The highest BCUT2D eigenvalue weighted by Gasteiger charge is 2.08. The minimum atomic E-state index is -0.177. The monoisotopic (exact) mass is 369 g/mol. The third kappa shape index (κ3) is 6.66. The molecule has 0 aromatic heterocycles. The summed E-state index contributed by atoms with van der Waals surface area (Å²) >= 11 is 0. The zero-order valence-electron chi connectivity index (χ0n) is 15.9. The number of hydrogen-bond donors (Lipinski definition) is 3. The van der Waals surface area contributed by atoms with Crippen LogP contribution in [0.15, 0.2) is 48.5 Å². The molecule has 6 nitrogen and oxygen atoms in total. The van der Waals surface area contributed by atoms with E-state index in [4.69, 9.17) is 4.74 Å². The van der Waals surface area contributed by atoms with Crippen LogP contribution in [0.25, 0.3) is 0 Å². The molecule has 0 aliphatic carbocycles. The van der Waals surface area contributed by atoms with Crippen LogP contribution >= 0.6 is 0 Å². The topological polar surface area (TPSA) is 79.5 Å². The van der Waals surface area contributed by atoms with Gasteiger partial charge in [-0.15, -0.1) is 0 Å². The van der Waals surface area contributed by atoms with Crippen molar-refractivity contribution in [3.63, 3.8) is 0 Å². The minimum Gasteiger partial charge on any atom is -0.492 e. The number of ether oxygens (including phenoxy) is 1. The summed E-state index contributed by atoms with van der Waals surface area (Å²) in [5.41, 5.74) is 2.02. The van der Waals surface area contributed by atoms with Gasteiger partial charge in [0, 0.05) is 17.8 Å². The van der Waals surface area contributed by atoms with Gasteiger partial charge in [-0.1, -0.05) is 25.5 Å². The number of amides is 2. The van der Waals surface area contributed by atoms with E-state index >= 15 is 0 Å². The third-order valence-corrected chi connectivity index (χ3v) is 3.88. The van der Waals surface area contributed by atoms with Gasteiger partial charge in [0.05, 0.1) is 18.8 Å². The highest BCUT2D eigenvalue weighted by Crippen LogP contribution is 2.23. The third-order valence-electron chi connectivity index (χ3n) is 3.88. The first kappa shape index (κ1) is 20.3. The minimum absolute atomic E-state index is 0.0831. The molecule has 2 amide bonds. The first-order valence-corrected chi connectivity index (χ1v) is 9.27. The fourth-order valence-electron chi connectivity index (χ4n) is 2.45. The Balaban J connectivity index is 1.84. The van der Waals surface area contributed by atoms with Gasteiger partial charge in [-0.2, -0.15) is 0 Å². The Bertz CT molecular complexity index is 745. The average molecular weight is 369 g/mol. The first-order chi connectivity index (χ1) is 13.1. The largest absolute Gasteiger partial charge is 0.492 e. The summed E-state index contributed by atoms with van der Waals surface area (Å²) < 4.78 is 5.50. The summed E-state index contributed by atoms with van der Waals surface area (Å²) in [7, 11) is 0. The standard InChI is InChI=1S/C21H27N3O3/c1-3-5-14-22-21(26)16-10-12-17(13-11-16)23-15-20(25)24-18-8-6-7-9-19(18)27-4-2/h6-13,23H,3-5,14-15H2,1-2H3,(H,22,26)(H,24,25). The lowest BCUT2D eigenvalue weighted by molar-refractivity contribution is -0.114. The highest BCUT2D eigenvalue weighted by atomic mass is 16.5. The molecule has 0 spiro atoms. The van der Waals surface area contributed by atoms with Crippen molar-refractivity contribution in [2.24, 2.45) is 0 Å². The van der Waals surface area contributed by atoms with Gasteiger partial charge in [0.1, 0.15) is 5.75 Å². The number of carbonyl (C=O) groups is 2. The Morgan fingerprint density at radius 3 is 2.44 bits per heavy atom. The number of carbonyl (C=O) groups excluding carboxylic acids is 2. The lowest BCUT2D eigenvalue weighted by atomic mass is 10.2. The summed E-state index contributed by atoms with van der Waals surface area (Å²) in [6.45, 7) is 5.30. The number of para-hydroxylation sites is 2.